The van der Waals surface area contributed by atoms with Crippen LogP contribution in [0, 0.1) is 15.5 Å². The summed E-state index contributed by atoms with van der Waals surface area (Å²) < 4.78 is 0. The molecule has 0 fully saturated rings. The third-order valence-corrected chi connectivity index (χ3v) is 1.09. The molecule has 0 aromatic heterocycles. The molecule has 0 aliphatic carbocycles. The van der Waals surface area contributed by atoms with Gasteiger partial charge in [0, 0.05) is 5.70 Å². The second-order valence-corrected chi connectivity index (χ2v) is 2.02. The number of aldehydes is 1. The second kappa shape index (κ2) is 5.84. The fourth-order valence-corrected chi connectivity index (χ4v) is 0.543. The van der Waals surface area contributed by atoms with Crippen LogP contribution >= 0.6 is 0 Å². The first-order valence-corrected chi connectivity index (χ1v) is 3.33. The Morgan fingerprint density at radius 2 is 2.31 bits per heavy atom. The lowest BCUT2D eigenvalue weighted by Gasteiger charge is -2.02. The van der Waals surface area contributed by atoms with E-state index < -0.39 is 17.4 Å². The van der Waals surface area contributed by atoms with E-state index in [4.69, 9.17) is 10.5 Å². The van der Waals surface area contributed by atoms with E-state index in [0.717, 1.165) is 6.08 Å². The number of amidine groups is 1. The highest BCUT2D eigenvalue weighted by Crippen LogP contribution is 1.88. The van der Waals surface area contributed by atoms with E-state index in [2.05, 4.69) is 5.32 Å². The summed E-state index contributed by atoms with van der Waals surface area (Å²) in [6.07, 6.45) is 1.39. The predicted octanol–water partition coefficient (Wildman–Crippen LogP) is -1.09. The molecule has 7 heteroatoms. The van der Waals surface area contributed by atoms with Gasteiger partial charge in [0.2, 0.25) is 0 Å². The van der Waals surface area contributed by atoms with Crippen LogP contribution in [0.3, 0.4) is 0 Å². The van der Waals surface area contributed by atoms with Gasteiger partial charge in [-0.1, -0.05) is 5.41 Å². The molecule has 0 atom stereocenters. The Morgan fingerprint density at radius 1 is 1.69 bits per heavy atom. The molecule has 0 rings (SSSR count). The number of aliphatic hydroxyl groups excluding tert-OH is 1. The van der Waals surface area contributed by atoms with Crippen molar-refractivity contribution in [3.05, 3.63) is 21.9 Å². The van der Waals surface area contributed by atoms with Gasteiger partial charge in [0.05, 0.1) is 19.2 Å². The maximum atomic E-state index is 9.98. The Morgan fingerprint density at radius 3 is 2.69 bits per heavy atom. The Hall–Kier alpha value is -1.76. The first-order chi connectivity index (χ1) is 6.11. The van der Waals surface area contributed by atoms with Gasteiger partial charge in [-0.2, -0.15) is 0 Å². The van der Waals surface area contributed by atoms with Crippen LogP contribution in [-0.2, 0) is 4.79 Å². The Kier molecular flexibility index (Phi) is 5.05. The number of rotatable bonds is 5. The summed E-state index contributed by atoms with van der Waals surface area (Å²) in [4.78, 5) is 19.0. The van der Waals surface area contributed by atoms with Crippen LogP contribution < -0.4 is 5.32 Å². The molecular weight excluding hydrogens is 178 g/mol. The van der Waals surface area contributed by atoms with Gasteiger partial charge in [-0.3, -0.25) is 0 Å². The van der Waals surface area contributed by atoms with Crippen molar-refractivity contribution in [3.63, 3.8) is 0 Å². The first kappa shape index (κ1) is 11.2. The highest BCUT2D eigenvalue weighted by molar-refractivity contribution is 5.83. The third-order valence-electron chi connectivity index (χ3n) is 1.09. The van der Waals surface area contributed by atoms with Gasteiger partial charge in [0.25, 0.3) is 0 Å². The Balaban J connectivity index is 4.28. The molecule has 0 aromatic rings. The van der Waals surface area contributed by atoms with Crippen molar-refractivity contribution in [2.75, 3.05) is 13.2 Å². The number of hydrogen-bond acceptors (Lipinski definition) is 6. The number of nitrogens with one attached hydrogen (secondary N) is 2. The van der Waals surface area contributed by atoms with Gasteiger partial charge in [-0.05, 0) is 4.92 Å². The van der Waals surface area contributed by atoms with E-state index in [-0.39, 0.29) is 12.2 Å². The molecular formula is C6H9N3O4. The van der Waals surface area contributed by atoms with Crippen LogP contribution in [0.4, 0.5) is 0 Å². The Bertz CT molecular complexity index is 248. The number of nitro groups is 1. The summed E-state index contributed by atoms with van der Waals surface area (Å²) >= 11 is 0. The number of hydrogen-bond donors (Lipinski definition) is 3. The van der Waals surface area contributed by atoms with Gasteiger partial charge in [-0.15, -0.1) is 0 Å². The minimum atomic E-state index is -0.905. The number of aliphatic hydroxyl groups is 1. The lowest BCUT2D eigenvalue weighted by Crippen LogP contribution is -2.20. The van der Waals surface area contributed by atoms with E-state index in [0.29, 0.717) is 6.29 Å². The van der Waals surface area contributed by atoms with Crippen molar-refractivity contribution in [1.29, 1.82) is 5.41 Å². The van der Waals surface area contributed by atoms with Crippen molar-refractivity contribution in [3.8, 4) is 0 Å². The number of nitrogens with zero attached hydrogens (tertiary/aromatic N) is 1. The fraction of sp³-hybridized carbons (Fsp3) is 0.333. The van der Waals surface area contributed by atoms with Crippen LogP contribution in [0.2, 0.25) is 0 Å². The quantitative estimate of drug-likeness (QED) is 0.166. The molecule has 7 nitrogen and oxygen atoms in total. The predicted molar refractivity (Wildman–Crippen MR) is 44.0 cm³/mol. The average Bonchev–Trinajstić information content (AvgIpc) is 2.11. The molecule has 0 radical (unpaired) electrons. The van der Waals surface area contributed by atoms with Crippen LogP contribution in [0.25, 0.3) is 0 Å². The molecule has 13 heavy (non-hydrogen) atoms. The largest absolute Gasteiger partial charge is 0.390 e. The van der Waals surface area contributed by atoms with E-state index in [1.165, 1.54) is 0 Å². The minimum absolute atomic E-state index is 0.0581. The van der Waals surface area contributed by atoms with E-state index in [9.17, 15) is 14.9 Å². The molecule has 0 aliphatic heterocycles. The molecule has 0 amide bonds. The molecule has 0 aliphatic rings. The highest BCUT2D eigenvalue weighted by atomic mass is 16.6. The van der Waals surface area contributed by atoms with E-state index in [1.807, 2.05) is 0 Å². The van der Waals surface area contributed by atoms with Crippen LogP contribution in [0.5, 0.6) is 0 Å². The lowest BCUT2D eigenvalue weighted by atomic mass is 10.4. The molecule has 0 saturated heterocycles. The topological polar surface area (TPSA) is 116 Å². The number of carbonyl (C=O) groups is 1. The van der Waals surface area contributed by atoms with Gasteiger partial charge in [0.15, 0.2) is 0 Å². The van der Waals surface area contributed by atoms with Crippen molar-refractivity contribution in [2.24, 2.45) is 0 Å². The second-order valence-electron chi connectivity index (χ2n) is 2.02. The molecule has 0 spiro atoms. The molecule has 0 heterocycles. The normalized spacial score (nSPS) is 10.7. The first-order valence-electron chi connectivity index (χ1n) is 3.33. The summed E-state index contributed by atoms with van der Waals surface area (Å²) in [7, 11) is 0. The molecule has 0 saturated carbocycles. The molecule has 0 bridgehead atoms. The van der Waals surface area contributed by atoms with Crippen molar-refractivity contribution in [1.82, 2.24) is 5.32 Å². The zero-order valence-corrected chi connectivity index (χ0v) is 6.69. The average molecular weight is 187 g/mol. The van der Waals surface area contributed by atoms with Crippen LogP contribution in [0.15, 0.2) is 11.8 Å². The van der Waals surface area contributed by atoms with Crippen molar-refractivity contribution >= 4 is 12.1 Å². The summed E-state index contributed by atoms with van der Waals surface area (Å²) in [6, 6.07) is 0. The zero-order valence-electron chi connectivity index (χ0n) is 6.69. The van der Waals surface area contributed by atoms with E-state index in [1.54, 1.807) is 0 Å². The fourth-order valence-electron chi connectivity index (χ4n) is 0.543. The SMILES string of the molecule is N=C(/C=C(/CO)NCC=O)[N+](=O)[O-]. The third kappa shape index (κ3) is 4.64. The van der Waals surface area contributed by atoms with E-state index >= 15 is 0 Å². The highest BCUT2D eigenvalue weighted by Gasteiger charge is 2.05. The molecule has 3 N–H and O–H groups in total. The maximum Gasteiger partial charge on any atom is 0.357 e. The lowest BCUT2D eigenvalue weighted by molar-refractivity contribution is -0.349. The number of carbonyl (C=O) groups excluding carboxylic acids is 1. The summed E-state index contributed by atoms with van der Waals surface area (Å²) in [5.41, 5.74) is 0.0637. The standard InChI is InChI=1S/C6H9N3O4/c7-6(9(12)13)3-5(4-11)8-1-2-10/h2-3,7-8,11H,1,4H2/b5-3-,7-6?. The molecule has 0 aromatic carbocycles. The van der Waals surface area contributed by atoms with Gasteiger partial charge in [-0.25, -0.2) is 0 Å². The van der Waals surface area contributed by atoms with Gasteiger partial charge >= 0.3 is 5.84 Å². The Labute approximate surface area is 73.7 Å². The zero-order chi connectivity index (χ0) is 10.3. The monoisotopic (exact) mass is 187 g/mol. The smallest absolute Gasteiger partial charge is 0.357 e. The van der Waals surface area contributed by atoms with Crippen LogP contribution in [0.1, 0.15) is 0 Å². The summed E-state index contributed by atoms with van der Waals surface area (Å²) in [5.74, 6) is -0.845. The molecule has 0 unspecified atom stereocenters. The summed E-state index contributed by atoms with van der Waals surface area (Å²) in [6.45, 7) is -0.540. The van der Waals surface area contributed by atoms with Crippen molar-refractivity contribution in [2.45, 2.75) is 0 Å². The van der Waals surface area contributed by atoms with Gasteiger partial charge in [0.1, 0.15) is 6.29 Å². The summed E-state index contributed by atoms with van der Waals surface area (Å²) in [5, 5.41) is 27.8. The van der Waals surface area contributed by atoms with Crippen molar-refractivity contribution < 1.29 is 14.8 Å². The van der Waals surface area contributed by atoms with Gasteiger partial charge < -0.3 is 25.3 Å². The molecule has 72 valence electrons. The maximum absolute atomic E-state index is 9.98. The van der Waals surface area contributed by atoms with Crippen LogP contribution in [-0.4, -0.2) is 35.3 Å². The minimum Gasteiger partial charge on any atom is -0.390 e.